The minimum Gasteiger partial charge on any atom is -0.384 e. The summed E-state index contributed by atoms with van der Waals surface area (Å²) in [5, 5.41) is 10.3. The van der Waals surface area contributed by atoms with E-state index < -0.39 is 5.60 Å². The summed E-state index contributed by atoms with van der Waals surface area (Å²) in [5.41, 5.74) is 0.218. The first-order chi connectivity index (χ1) is 6.53. The Bertz CT molecular complexity index is 188. The van der Waals surface area contributed by atoms with Crippen molar-refractivity contribution in [1.29, 1.82) is 0 Å². The topological polar surface area (TPSA) is 32.6 Å². The largest absolute Gasteiger partial charge is 0.384 e. The third kappa shape index (κ3) is 3.62. The normalized spacial score (nSPS) is 15.7. The van der Waals surface area contributed by atoms with Gasteiger partial charge in [0, 0.05) is 11.5 Å². The lowest BCUT2D eigenvalue weighted by Gasteiger charge is -2.27. The van der Waals surface area contributed by atoms with Crippen LogP contribution in [0, 0.1) is 0 Å². The van der Waals surface area contributed by atoms with E-state index in [1.807, 2.05) is 27.7 Å². The predicted octanol–water partition coefficient (Wildman–Crippen LogP) is 2.71. The van der Waals surface area contributed by atoms with Crippen LogP contribution in [0.5, 0.6) is 0 Å². The Hall–Kier alpha value is -0.0200. The number of aliphatic hydroxyl groups is 1. The maximum atomic E-state index is 10.3. The fourth-order valence-electron chi connectivity index (χ4n) is 1.51. The average molecular weight is 217 g/mol. The smallest absolute Gasteiger partial charge is 0.102 e. The number of rotatable bonds is 6. The Labute approximate surface area is 93.2 Å². The summed E-state index contributed by atoms with van der Waals surface area (Å²) in [6, 6.07) is 0.193. The zero-order valence-electron chi connectivity index (χ0n) is 9.75. The average Bonchev–Trinajstić information content (AvgIpc) is 2.24. The van der Waals surface area contributed by atoms with Gasteiger partial charge in [-0.15, -0.1) is 0 Å². The molecule has 0 saturated heterocycles. The molecule has 0 rings (SSSR count). The highest BCUT2D eigenvalue weighted by atomic mass is 32.1. The molecule has 3 heteroatoms. The van der Waals surface area contributed by atoms with E-state index in [2.05, 4.69) is 17.6 Å². The molecular weight excluding hydrogens is 194 g/mol. The first-order valence-corrected chi connectivity index (χ1v) is 6.07. The molecule has 0 aromatic heterocycles. The lowest BCUT2D eigenvalue weighted by Crippen LogP contribution is -2.37. The molecule has 0 amide bonds. The SMILES string of the molecule is CCC(=NC(C)CS)C(O)(CC)CC. The van der Waals surface area contributed by atoms with Crippen LogP contribution in [0.4, 0.5) is 0 Å². The minimum atomic E-state index is -0.702. The highest BCUT2D eigenvalue weighted by Crippen LogP contribution is 2.20. The highest BCUT2D eigenvalue weighted by molar-refractivity contribution is 7.80. The second-order valence-electron chi connectivity index (χ2n) is 3.70. The molecule has 1 unspecified atom stereocenters. The maximum absolute atomic E-state index is 10.3. The molecule has 1 N–H and O–H groups in total. The van der Waals surface area contributed by atoms with Gasteiger partial charge in [0.2, 0.25) is 0 Å². The van der Waals surface area contributed by atoms with Crippen molar-refractivity contribution in [2.75, 3.05) is 5.75 Å². The quantitative estimate of drug-likeness (QED) is 0.520. The van der Waals surface area contributed by atoms with E-state index >= 15 is 0 Å². The Balaban J connectivity index is 4.76. The number of hydrogen-bond acceptors (Lipinski definition) is 3. The van der Waals surface area contributed by atoms with Crippen LogP contribution in [-0.2, 0) is 0 Å². The lowest BCUT2D eigenvalue weighted by molar-refractivity contribution is 0.101. The van der Waals surface area contributed by atoms with E-state index in [0.717, 1.165) is 30.7 Å². The molecule has 0 aromatic carbocycles. The first kappa shape index (κ1) is 14.0. The molecule has 0 aliphatic rings. The van der Waals surface area contributed by atoms with E-state index in [9.17, 15) is 5.11 Å². The van der Waals surface area contributed by atoms with Crippen molar-refractivity contribution in [3.05, 3.63) is 0 Å². The summed E-state index contributed by atoms with van der Waals surface area (Å²) < 4.78 is 0. The van der Waals surface area contributed by atoms with Crippen LogP contribution >= 0.6 is 12.6 Å². The van der Waals surface area contributed by atoms with Gasteiger partial charge in [-0.3, -0.25) is 4.99 Å². The summed E-state index contributed by atoms with van der Waals surface area (Å²) in [7, 11) is 0. The molecule has 0 spiro atoms. The van der Waals surface area contributed by atoms with Crippen LogP contribution in [0.1, 0.15) is 47.0 Å². The molecule has 0 aliphatic heterocycles. The van der Waals surface area contributed by atoms with Crippen molar-refractivity contribution >= 4 is 18.3 Å². The Morgan fingerprint density at radius 3 is 2.14 bits per heavy atom. The van der Waals surface area contributed by atoms with Gasteiger partial charge >= 0.3 is 0 Å². The number of aliphatic imine (C=N–C) groups is 1. The summed E-state index contributed by atoms with van der Waals surface area (Å²) in [6.07, 6.45) is 2.28. The summed E-state index contributed by atoms with van der Waals surface area (Å²) in [6.45, 7) is 8.06. The second-order valence-corrected chi connectivity index (χ2v) is 4.06. The van der Waals surface area contributed by atoms with Crippen LogP contribution in [0.25, 0.3) is 0 Å². The van der Waals surface area contributed by atoms with Gasteiger partial charge < -0.3 is 5.11 Å². The van der Waals surface area contributed by atoms with Gasteiger partial charge in [-0.25, -0.2) is 0 Å². The van der Waals surface area contributed by atoms with Crippen LogP contribution in [0.2, 0.25) is 0 Å². The fourth-order valence-corrected chi connectivity index (χ4v) is 1.59. The molecule has 1 atom stereocenters. The number of thiol groups is 1. The Kier molecular flexibility index (Phi) is 6.45. The second kappa shape index (κ2) is 6.46. The summed E-state index contributed by atoms with van der Waals surface area (Å²) in [5.74, 6) is 0.729. The lowest BCUT2D eigenvalue weighted by atomic mass is 9.89. The van der Waals surface area contributed by atoms with Gasteiger partial charge in [0.15, 0.2) is 0 Å². The molecule has 0 heterocycles. The standard InChI is InChI=1S/C11H23NOS/c1-5-10(12-9(4)8-14)11(13,6-2)7-3/h9,13-14H,5-8H2,1-4H3. The van der Waals surface area contributed by atoms with Crippen molar-refractivity contribution in [2.24, 2.45) is 4.99 Å². The van der Waals surface area contributed by atoms with Crippen molar-refractivity contribution in [1.82, 2.24) is 0 Å². The third-order valence-electron chi connectivity index (χ3n) is 2.68. The molecular formula is C11H23NOS. The van der Waals surface area contributed by atoms with E-state index in [1.165, 1.54) is 0 Å². The number of nitrogens with zero attached hydrogens (tertiary/aromatic N) is 1. The third-order valence-corrected chi connectivity index (χ3v) is 3.21. The van der Waals surface area contributed by atoms with Gasteiger partial charge in [0.1, 0.15) is 5.60 Å². The number of hydrogen-bond donors (Lipinski definition) is 2. The molecule has 0 aromatic rings. The van der Waals surface area contributed by atoms with Gasteiger partial charge in [-0.2, -0.15) is 12.6 Å². The predicted molar refractivity (Wildman–Crippen MR) is 66.6 cm³/mol. The van der Waals surface area contributed by atoms with Crippen molar-refractivity contribution in [3.8, 4) is 0 Å². The van der Waals surface area contributed by atoms with Crippen LogP contribution in [0.15, 0.2) is 4.99 Å². The molecule has 0 aliphatic carbocycles. The van der Waals surface area contributed by atoms with Gasteiger partial charge in [0.05, 0.1) is 6.04 Å². The zero-order chi connectivity index (χ0) is 11.2. The molecule has 84 valence electrons. The molecule has 2 nitrogen and oxygen atoms in total. The summed E-state index contributed by atoms with van der Waals surface area (Å²) in [4.78, 5) is 4.52. The van der Waals surface area contributed by atoms with E-state index in [0.29, 0.717) is 0 Å². The fraction of sp³-hybridized carbons (Fsp3) is 0.909. The molecule has 0 bridgehead atoms. The molecule has 0 radical (unpaired) electrons. The van der Waals surface area contributed by atoms with Crippen molar-refractivity contribution in [3.63, 3.8) is 0 Å². The Morgan fingerprint density at radius 1 is 1.36 bits per heavy atom. The molecule has 0 saturated carbocycles. The van der Waals surface area contributed by atoms with Gasteiger partial charge in [-0.1, -0.05) is 20.8 Å². The highest BCUT2D eigenvalue weighted by Gasteiger charge is 2.27. The minimum absolute atomic E-state index is 0.193. The van der Waals surface area contributed by atoms with Gasteiger partial charge in [-0.05, 0) is 26.2 Å². The first-order valence-electron chi connectivity index (χ1n) is 5.44. The summed E-state index contributed by atoms with van der Waals surface area (Å²) >= 11 is 4.19. The maximum Gasteiger partial charge on any atom is 0.102 e. The Morgan fingerprint density at radius 2 is 1.86 bits per heavy atom. The van der Waals surface area contributed by atoms with Crippen LogP contribution in [-0.4, -0.2) is 28.2 Å². The molecule has 0 fully saturated rings. The van der Waals surface area contributed by atoms with Gasteiger partial charge in [0.25, 0.3) is 0 Å². The van der Waals surface area contributed by atoms with E-state index in [-0.39, 0.29) is 6.04 Å². The van der Waals surface area contributed by atoms with Crippen molar-refractivity contribution in [2.45, 2.75) is 58.6 Å². The van der Waals surface area contributed by atoms with Crippen LogP contribution in [0.3, 0.4) is 0 Å². The molecule has 14 heavy (non-hydrogen) atoms. The van der Waals surface area contributed by atoms with Crippen LogP contribution < -0.4 is 0 Å². The van der Waals surface area contributed by atoms with E-state index in [1.54, 1.807) is 0 Å². The van der Waals surface area contributed by atoms with E-state index in [4.69, 9.17) is 0 Å². The monoisotopic (exact) mass is 217 g/mol. The van der Waals surface area contributed by atoms with Crippen molar-refractivity contribution < 1.29 is 5.11 Å². The zero-order valence-corrected chi connectivity index (χ0v) is 10.6.